The van der Waals surface area contributed by atoms with E-state index < -0.39 is 0 Å². The Labute approximate surface area is 115 Å². The van der Waals surface area contributed by atoms with Crippen LogP contribution in [0, 0.1) is 6.42 Å². The van der Waals surface area contributed by atoms with E-state index in [4.69, 9.17) is 0 Å². The maximum Gasteiger partial charge on any atom is 0.271 e. The molecule has 4 rings (SSSR count). The van der Waals surface area contributed by atoms with Crippen molar-refractivity contribution in [3.8, 4) is 0 Å². The predicted octanol–water partition coefficient (Wildman–Crippen LogP) is 3.38. The molecule has 1 aliphatic carbocycles. The fourth-order valence-corrected chi connectivity index (χ4v) is 2.79. The average Bonchev–Trinajstić information content (AvgIpc) is 2.46. The first-order chi connectivity index (χ1) is 9.74. The van der Waals surface area contributed by atoms with Crippen LogP contribution >= 0.6 is 0 Å². The van der Waals surface area contributed by atoms with Gasteiger partial charge in [0.05, 0.1) is 6.08 Å². The van der Waals surface area contributed by atoms with Crippen LogP contribution in [0.1, 0.15) is 15.9 Å². The lowest BCUT2D eigenvalue weighted by atomic mass is 9.91. The van der Waals surface area contributed by atoms with Crippen molar-refractivity contribution in [2.45, 2.75) is 0 Å². The molecule has 0 heterocycles. The van der Waals surface area contributed by atoms with Gasteiger partial charge >= 0.3 is 0 Å². The molecule has 2 heteroatoms. The minimum Gasteiger partial charge on any atom is -0.276 e. The SMILES string of the molecule is O=C1C=C[CH+]c2cc3cc4cc[cH-]cc4cc3c(=O)c21. The van der Waals surface area contributed by atoms with E-state index in [0.717, 1.165) is 16.2 Å². The Morgan fingerprint density at radius 1 is 1.00 bits per heavy atom. The number of carbonyl (C=O) groups is 1. The number of hydrogen-bond donors (Lipinski definition) is 0. The van der Waals surface area contributed by atoms with Crippen molar-refractivity contribution in [2.75, 3.05) is 0 Å². The molecule has 2 nitrogen and oxygen atoms in total. The van der Waals surface area contributed by atoms with Gasteiger partial charge in [0.2, 0.25) is 5.43 Å². The largest absolute Gasteiger partial charge is 0.276 e. The van der Waals surface area contributed by atoms with E-state index in [-0.39, 0.29) is 16.8 Å². The predicted molar refractivity (Wildman–Crippen MR) is 80.2 cm³/mol. The topological polar surface area (TPSA) is 34.1 Å². The van der Waals surface area contributed by atoms with Crippen LogP contribution in [0.3, 0.4) is 0 Å². The first kappa shape index (κ1) is 11.1. The van der Waals surface area contributed by atoms with Gasteiger partial charge in [0.15, 0.2) is 5.56 Å². The highest BCUT2D eigenvalue weighted by molar-refractivity contribution is 6.11. The summed E-state index contributed by atoms with van der Waals surface area (Å²) in [4.78, 5) is 24.5. The van der Waals surface area contributed by atoms with Gasteiger partial charge < -0.3 is 0 Å². The van der Waals surface area contributed by atoms with Crippen molar-refractivity contribution < 1.29 is 4.79 Å². The third-order valence-corrected chi connectivity index (χ3v) is 3.76. The van der Waals surface area contributed by atoms with Crippen LogP contribution in [0.4, 0.5) is 0 Å². The zero-order chi connectivity index (χ0) is 13.7. The summed E-state index contributed by atoms with van der Waals surface area (Å²) < 4.78 is 0. The van der Waals surface area contributed by atoms with Gasteiger partial charge in [-0.05, 0) is 0 Å². The molecule has 1 aliphatic rings. The molecule has 3 aromatic carbocycles. The van der Waals surface area contributed by atoms with Crippen molar-refractivity contribution in [1.29, 1.82) is 0 Å². The molecular weight excluding hydrogens is 248 g/mol. The summed E-state index contributed by atoms with van der Waals surface area (Å²) in [7, 11) is 0. The van der Waals surface area contributed by atoms with Crippen molar-refractivity contribution >= 4 is 27.3 Å². The molecule has 94 valence electrons. The van der Waals surface area contributed by atoms with Crippen LogP contribution in [0.15, 0.2) is 59.4 Å². The highest BCUT2D eigenvalue weighted by Gasteiger charge is 2.26. The zero-order valence-electron chi connectivity index (χ0n) is 10.6. The lowest BCUT2D eigenvalue weighted by molar-refractivity contribution is 0.104. The summed E-state index contributed by atoms with van der Waals surface area (Å²) >= 11 is 0. The molecule has 0 radical (unpaired) electrons. The van der Waals surface area contributed by atoms with Crippen molar-refractivity contribution in [3.63, 3.8) is 0 Å². The van der Waals surface area contributed by atoms with Gasteiger partial charge in [0, 0.05) is 29.3 Å². The van der Waals surface area contributed by atoms with Crippen LogP contribution in [0.2, 0.25) is 0 Å². The van der Waals surface area contributed by atoms with Crippen LogP contribution in [0.5, 0.6) is 0 Å². The number of benzene rings is 3. The van der Waals surface area contributed by atoms with E-state index >= 15 is 0 Å². The lowest BCUT2D eigenvalue weighted by Gasteiger charge is -2.08. The highest BCUT2D eigenvalue weighted by atomic mass is 16.1. The molecule has 0 atom stereocenters. The van der Waals surface area contributed by atoms with E-state index in [2.05, 4.69) is 0 Å². The number of fused-ring (bicyclic) bond motifs is 3. The van der Waals surface area contributed by atoms with Crippen LogP contribution in [-0.4, -0.2) is 5.78 Å². The van der Waals surface area contributed by atoms with E-state index in [1.807, 2.05) is 48.9 Å². The normalized spacial score (nSPS) is 13.5. The standard InChI is InChI=1S/C18H10O2/c19-16-7-3-6-13-9-14-8-11-4-1-2-5-12(11)10-15(14)18(20)17(13)16/h1-10H. The van der Waals surface area contributed by atoms with Gasteiger partial charge in [0.25, 0.3) is 5.78 Å². The molecule has 0 N–H and O–H groups in total. The molecule has 0 saturated carbocycles. The summed E-state index contributed by atoms with van der Waals surface area (Å²) in [5.41, 5.74) is 0.828. The molecule has 0 bridgehead atoms. The van der Waals surface area contributed by atoms with Crippen LogP contribution in [-0.2, 0) is 0 Å². The molecule has 0 amide bonds. The van der Waals surface area contributed by atoms with Crippen molar-refractivity contribution in [3.05, 3.63) is 82.4 Å². The molecule has 0 unspecified atom stereocenters. The van der Waals surface area contributed by atoms with Crippen molar-refractivity contribution in [1.82, 2.24) is 0 Å². The molecule has 0 saturated heterocycles. The van der Waals surface area contributed by atoms with E-state index in [0.29, 0.717) is 10.9 Å². The third kappa shape index (κ3) is 1.45. The Balaban J connectivity index is 2.18. The quantitative estimate of drug-likeness (QED) is 0.457. The fraction of sp³-hybridized carbons (Fsp3) is 0. The number of allylic oxidation sites excluding steroid dienone is 2. The van der Waals surface area contributed by atoms with E-state index in [9.17, 15) is 9.59 Å². The first-order valence-electron chi connectivity index (χ1n) is 6.46. The molecule has 0 spiro atoms. The molecule has 3 aromatic rings. The highest BCUT2D eigenvalue weighted by Crippen LogP contribution is 2.25. The summed E-state index contributed by atoms with van der Waals surface area (Å²) in [6, 6.07) is 13.7. The average molecular weight is 258 g/mol. The van der Waals surface area contributed by atoms with Crippen molar-refractivity contribution in [2.24, 2.45) is 0 Å². The molecule has 0 fully saturated rings. The number of ketones is 1. The Kier molecular flexibility index (Phi) is 2.15. The minimum atomic E-state index is -0.206. The van der Waals surface area contributed by atoms with Gasteiger partial charge in [-0.1, -0.05) is 12.1 Å². The third-order valence-electron chi connectivity index (χ3n) is 3.76. The Hall–Kier alpha value is -2.74. The Morgan fingerprint density at radius 3 is 2.80 bits per heavy atom. The second-order valence-electron chi connectivity index (χ2n) is 4.98. The van der Waals surface area contributed by atoms with Gasteiger partial charge in [-0.2, -0.15) is 24.3 Å². The summed E-state index contributed by atoms with van der Waals surface area (Å²) in [6.45, 7) is 0. The maximum atomic E-state index is 12.6. The van der Waals surface area contributed by atoms with Gasteiger partial charge in [-0.25, -0.2) is 0 Å². The second kappa shape index (κ2) is 3.87. The van der Waals surface area contributed by atoms with E-state index in [1.54, 1.807) is 6.08 Å². The summed E-state index contributed by atoms with van der Waals surface area (Å²) in [5, 5.41) is 3.60. The maximum absolute atomic E-state index is 12.6. The first-order valence-corrected chi connectivity index (χ1v) is 6.46. The minimum absolute atomic E-state index is 0.172. The fourth-order valence-electron chi connectivity index (χ4n) is 2.79. The summed E-state index contributed by atoms with van der Waals surface area (Å²) in [5.74, 6) is -0.206. The molecular formula is C18H10O2. The number of carbonyl (C=O) groups excluding carboxylic acids is 1. The number of hydrogen-bond acceptors (Lipinski definition) is 2. The van der Waals surface area contributed by atoms with Gasteiger partial charge in [-0.15, -0.1) is 10.8 Å². The zero-order valence-corrected chi connectivity index (χ0v) is 10.6. The molecule has 20 heavy (non-hydrogen) atoms. The van der Waals surface area contributed by atoms with Gasteiger partial charge in [0.1, 0.15) is 5.56 Å². The Morgan fingerprint density at radius 2 is 1.90 bits per heavy atom. The Bertz CT molecular complexity index is 958. The molecule has 0 aliphatic heterocycles. The van der Waals surface area contributed by atoms with Gasteiger partial charge in [-0.3, -0.25) is 9.59 Å². The molecule has 0 aromatic heterocycles. The lowest BCUT2D eigenvalue weighted by Crippen LogP contribution is -2.18. The van der Waals surface area contributed by atoms with Crippen LogP contribution in [0.25, 0.3) is 21.5 Å². The smallest absolute Gasteiger partial charge is 0.271 e. The van der Waals surface area contributed by atoms with E-state index in [1.165, 1.54) is 6.08 Å². The second-order valence-corrected chi connectivity index (χ2v) is 4.98. The number of rotatable bonds is 0. The monoisotopic (exact) mass is 258 g/mol. The van der Waals surface area contributed by atoms with Crippen LogP contribution < -0.4 is 5.43 Å². The summed E-state index contributed by atoms with van der Waals surface area (Å²) in [6.07, 6.45) is 4.94.